The van der Waals surface area contributed by atoms with E-state index in [1.807, 2.05) is 32.0 Å². The second-order valence-electron chi connectivity index (χ2n) is 8.49. The minimum absolute atomic E-state index is 0.280. The number of rotatable bonds is 5. The zero-order valence-corrected chi connectivity index (χ0v) is 21.6. The molecule has 0 aliphatic rings. The highest BCUT2D eigenvalue weighted by Crippen LogP contribution is 2.36. The van der Waals surface area contributed by atoms with Crippen LogP contribution >= 0.6 is 34.8 Å². The van der Waals surface area contributed by atoms with Crippen molar-refractivity contribution in [1.29, 1.82) is 0 Å². The van der Waals surface area contributed by atoms with Crippen molar-refractivity contribution >= 4 is 34.8 Å². The zero-order chi connectivity index (χ0) is 25.6. The lowest BCUT2D eigenvalue weighted by atomic mass is 9.85. The van der Waals surface area contributed by atoms with E-state index < -0.39 is 5.92 Å². The fraction of sp³-hybridized carbons (Fsp3) is 0.111. The van der Waals surface area contributed by atoms with E-state index in [9.17, 15) is 9.59 Å². The largest absolute Gasteiger partial charge is 0.295 e. The van der Waals surface area contributed by atoms with E-state index in [1.54, 1.807) is 54.6 Å². The zero-order valence-electron chi connectivity index (χ0n) is 19.4. The van der Waals surface area contributed by atoms with Crippen LogP contribution in [0, 0.1) is 13.8 Å². The molecule has 0 bridgehead atoms. The van der Waals surface area contributed by atoms with Crippen molar-refractivity contribution in [3.8, 4) is 11.4 Å². The minimum atomic E-state index is -0.715. The summed E-state index contributed by atoms with van der Waals surface area (Å²) < 4.78 is 2.90. The highest BCUT2D eigenvalue weighted by Gasteiger charge is 2.32. The standard InChI is InChI=1S/C27H21Cl3N4O2/c1-15-23(26(35)33(31-15)19-11-7-17(28)8-12-19)25(21-5-3-4-6-22(21)30)24-16(2)32-34(27(24)36)20-13-9-18(29)10-14-20/h3-14,25,31-32H,1-2H3. The van der Waals surface area contributed by atoms with Crippen LogP contribution in [0.3, 0.4) is 0 Å². The summed E-state index contributed by atoms with van der Waals surface area (Å²) in [5, 5.41) is 7.90. The lowest BCUT2D eigenvalue weighted by Crippen LogP contribution is -2.25. The summed E-state index contributed by atoms with van der Waals surface area (Å²) in [4.78, 5) is 27.7. The number of hydrogen-bond acceptors (Lipinski definition) is 2. The summed E-state index contributed by atoms with van der Waals surface area (Å²) in [5.41, 5.74) is 3.46. The molecular formula is C27H21Cl3N4O2. The number of nitrogens with zero attached hydrogens (tertiary/aromatic N) is 2. The highest BCUT2D eigenvalue weighted by atomic mass is 35.5. The molecule has 0 unspecified atom stereocenters. The molecular weight excluding hydrogens is 519 g/mol. The number of hydrogen-bond donors (Lipinski definition) is 2. The lowest BCUT2D eigenvalue weighted by molar-refractivity contribution is 0.830. The summed E-state index contributed by atoms with van der Waals surface area (Å²) in [5.74, 6) is -0.715. The van der Waals surface area contributed by atoms with Crippen LogP contribution in [0.1, 0.15) is 34.0 Å². The van der Waals surface area contributed by atoms with Gasteiger partial charge < -0.3 is 0 Å². The molecule has 2 aromatic heterocycles. The van der Waals surface area contributed by atoms with E-state index in [0.717, 1.165) is 0 Å². The second kappa shape index (κ2) is 9.54. The van der Waals surface area contributed by atoms with Gasteiger partial charge in [0.2, 0.25) is 0 Å². The van der Waals surface area contributed by atoms with Crippen LogP contribution in [-0.4, -0.2) is 19.6 Å². The number of aryl methyl sites for hydroxylation is 2. The van der Waals surface area contributed by atoms with Gasteiger partial charge in [-0.2, -0.15) is 0 Å². The Labute approximate surface area is 221 Å². The molecule has 0 saturated carbocycles. The molecule has 0 aliphatic heterocycles. The SMILES string of the molecule is Cc1[nH]n(-c2ccc(Cl)cc2)c(=O)c1C(c1ccccc1Cl)c1c(C)[nH]n(-c2ccc(Cl)cc2)c1=O. The first-order chi connectivity index (χ1) is 17.3. The number of aromatic amines is 2. The van der Waals surface area contributed by atoms with Crippen molar-refractivity contribution in [3.05, 3.63) is 137 Å². The van der Waals surface area contributed by atoms with Crippen LogP contribution in [0.25, 0.3) is 11.4 Å². The Bertz CT molecular complexity index is 1570. The van der Waals surface area contributed by atoms with Gasteiger partial charge in [-0.25, -0.2) is 9.36 Å². The molecule has 182 valence electrons. The van der Waals surface area contributed by atoms with Crippen molar-refractivity contribution in [2.24, 2.45) is 0 Å². The average Bonchev–Trinajstić information content (AvgIpc) is 3.32. The molecule has 2 N–H and O–H groups in total. The topological polar surface area (TPSA) is 75.6 Å². The maximum Gasteiger partial charge on any atom is 0.275 e. The van der Waals surface area contributed by atoms with Gasteiger partial charge in [0, 0.05) is 26.5 Å². The molecule has 0 amide bonds. The number of H-pyrrole nitrogens is 2. The molecule has 36 heavy (non-hydrogen) atoms. The first-order valence-corrected chi connectivity index (χ1v) is 12.3. The predicted octanol–water partition coefficient (Wildman–Crippen LogP) is 6.40. The summed E-state index contributed by atoms with van der Waals surface area (Å²) in [7, 11) is 0. The molecule has 0 spiro atoms. The van der Waals surface area contributed by atoms with Crippen LogP contribution in [0.2, 0.25) is 15.1 Å². The molecule has 0 atom stereocenters. The monoisotopic (exact) mass is 538 g/mol. The Morgan fingerprint density at radius 2 is 1.06 bits per heavy atom. The van der Waals surface area contributed by atoms with Crippen molar-refractivity contribution in [1.82, 2.24) is 19.6 Å². The fourth-order valence-electron chi connectivity index (χ4n) is 4.51. The molecule has 3 aromatic carbocycles. The van der Waals surface area contributed by atoms with Gasteiger partial charge in [0.05, 0.1) is 28.4 Å². The van der Waals surface area contributed by atoms with Gasteiger partial charge in [-0.1, -0.05) is 53.0 Å². The van der Waals surface area contributed by atoms with Crippen LogP contribution in [0.5, 0.6) is 0 Å². The number of benzene rings is 3. The third-order valence-corrected chi connectivity index (χ3v) is 7.05. The van der Waals surface area contributed by atoms with Crippen molar-refractivity contribution in [2.75, 3.05) is 0 Å². The third-order valence-electron chi connectivity index (χ3n) is 6.20. The molecule has 6 nitrogen and oxygen atoms in total. The third kappa shape index (κ3) is 4.22. The Hall–Kier alpha value is -3.45. The highest BCUT2D eigenvalue weighted by molar-refractivity contribution is 6.31. The van der Waals surface area contributed by atoms with E-state index in [1.165, 1.54) is 9.36 Å². The van der Waals surface area contributed by atoms with Gasteiger partial charge >= 0.3 is 0 Å². The lowest BCUT2D eigenvalue weighted by Gasteiger charge is -2.17. The van der Waals surface area contributed by atoms with Gasteiger partial charge in [-0.05, 0) is 74.0 Å². The van der Waals surface area contributed by atoms with Gasteiger partial charge in [0.25, 0.3) is 11.1 Å². The smallest absolute Gasteiger partial charge is 0.275 e. The normalized spacial score (nSPS) is 11.4. The van der Waals surface area contributed by atoms with E-state index in [0.29, 0.717) is 54.5 Å². The Morgan fingerprint density at radius 1 is 0.639 bits per heavy atom. The van der Waals surface area contributed by atoms with Gasteiger partial charge in [-0.15, -0.1) is 0 Å². The summed E-state index contributed by atoms with van der Waals surface area (Å²) in [6, 6.07) is 21.1. The summed E-state index contributed by atoms with van der Waals surface area (Å²) >= 11 is 18.7. The molecule has 0 saturated heterocycles. The maximum atomic E-state index is 13.8. The number of aromatic nitrogens is 4. The molecule has 0 fully saturated rings. The van der Waals surface area contributed by atoms with E-state index in [4.69, 9.17) is 34.8 Å². The fourth-order valence-corrected chi connectivity index (χ4v) is 5.00. The van der Waals surface area contributed by atoms with Crippen molar-refractivity contribution < 1.29 is 0 Å². The van der Waals surface area contributed by atoms with Gasteiger partial charge in [-0.3, -0.25) is 19.8 Å². The van der Waals surface area contributed by atoms with Crippen molar-refractivity contribution in [3.63, 3.8) is 0 Å². The molecule has 2 heterocycles. The quantitative estimate of drug-likeness (QED) is 0.271. The Morgan fingerprint density at radius 3 is 1.47 bits per heavy atom. The van der Waals surface area contributed by atoms with E-state index in [2.05, 4.69) is 10.2 Å². The second-order valence-corrected chi connectivity index (χ2v) is 9.77. The van der Waals surface area contributed by atoms with Gasteiger partial charge in [0.15, 0.2) is 0 Å². The minimum Gasteiger partial charge on any atom is -0.295 e. The maximum absolute atomic E-state index is 13.8. The van der Waals surface area contributed by atoms with E-state index >= 15 is 0 Å². The predicted molar refractivity (Wildman–Crippen MR) is 145 cm³/mol. The summed E-state index contributed by atoms with van der Waals surface area (Å²) in [6.07, 6.45) is 0. The van der Waals surface area contributed by atoms with E-state index in [-0.39, 0.29) is 11.1 Å². The Balaban J connectivity index is 1.77. The number of halogens is 3. The molecule has 0 aliphatic carbocycles. The van der Waals surface area contributed by atoms with Crippen LogP contribution in [0.4, 0.5) is 0 Å². The number of nitrogens with one attached hydrogen (secondary N) is 2. The first-order valence-electron chi connectivity index (χ1n) is 11.2. The summed E-state index contributed by atoms with van der Waals surface area (Å²) in [6.45, 7) is 3.62. The van der Waals surface area contributed by atoms with Crippen LogP contribution in [0.15, 0.2) is 82.4 Å². The molecule has 0 radical (unpaired) electrons. The average molecular weight is 540 g/mol. The van der Waals surface area contributed by atoms with Crippen LogP contribution < -0.4 is 11.1 Å². The van der Waals surface area contributed by atoms with Crippen LogP contribution in [-0.2, 0) is 0 Å². The molecule has 9 heteroatoms. The van der Waals surface area contributed by atoms with Crippen molar-refractivity contribution in [2.45, 2.75) is 19.8 Å². The molecule has 5 rings (SSSR count). The molecule has 5 aromatic rings. The van der Waals surface area contributed by atoms with Gasteiger partial charge in [0.1, 0.15) is 0 Å². The first kappa shape index (κ1) is 24.3. The Kier molecular flexibility index (Phi) is 6.43.